The zero-order valence-electron chi connectivity index (χ0n) is 11.9. The summed E-state index contributed by atoms with van der Waals surface area (Å²) in [5.74, 6) is 1.09. The van der Waals surface area contributed by atoms with E-state index in [0.29, 0.717) is 11.8 Å². The molecule has 0 aliphatic heterocycles. The maximum atomic E-state index is 9.76. The lowest BCUT2D eigenvalue weighted by molar-refractivity contribution is 0.00559. The molecule has 2 saturated carbocycles. The number of halogens is 2. The monoisotopic (exact) mass is 308 g/mol. The summed E-state index contributed by atoms with van der Waals surface area (Å²) in [5, 5.41) is 19.3. The summed E-state index contributed by atoms with van der Waals surface area (Å²) >= 11 is 12.5. The Morgan fingerprint density at radius 1 is 0.789 bits per heavy atom. The first-order chi connectivity index (χ1) is 8.82. The van der Waals surface area contributed by atoms with E-state index in [1.807, 2.05) is 0 Å². The van der Waals surface area contributed by atoms with Crippen LogP contribution < -0.4 is 0 Å². The van der Waals surface area contributed by atoms with Crippen molar-refractivity contribution < 1.29 is 10.2 Å². The van der Waals surface area contributed by atoms with Crippen molar-refractivity contribution in [2.75, 3.05) is 0 Å². The summed E-state index contributed by atoms with van der Waals surface area (Å²) in [7, 11) is 0. The van der Waals surface area contributed by atoms with Crippen molar-refractivity contribution in [2.45, 2.75) is 75.3 Å². The maximum Gasteiger partial charge on any atom is 0.0703 e. The molecule has 2 rings (SSSR count). The molecule has 2 aliphatic rings. The molecule has 6 unspecified atom stereocenters. The van der Waals surface area contributed by atoms with Crippen molar-refractivity contribution in [2.24, 2.45) is 17.3 Å². The van der Waals surface area contributed by atoms with Gasteiger partial charge in [-0.25, -0.2) is 0 Å². The third kappa shape index (κ3) is 3.40. The normalized spacial score (nSPS) is 45.2. The van der Waals surface area contributed by atoms with Gasteiger partial charge in [-0.1, -0.05) is 13.8 Å². The second-order valence-electron chi connectivity index (χ2n) is 7.01. The first-order valence-corrected chi connectivity index (χ1v) is 8.34. The smallest absolute Gasteiger partial charge is 0.0703 e. The van der Waals surface area contributed by atoms with Crippen LogP contribution in [-0.4, -0.2) is 33.2 Å². The van der Waals surface area contributed by atoms with E-state index < -0.39 is 0 Å². The molecule has 0 amide bonds. The fourth-order valence-corrected chi connectivity index (χ4v) is 4.57. The molecule has 6 atom stereocenters. The first kappa shape index (κ1) is 15.9. The lowest BCUT2D eigenvalue weighted by Crippen LogP contribution is -2.43. The van der Waals surface area contributed by atoms with Crippen LogP contribution in [0.2, 0.25) is 0 Å². The number of hydrogen-bond acceptors (Lipinski definition) is 2. The molecule has 0 aromatic heterocycles. The molecular weight excluding hydrogens is 283 g/mol. The minimum absolute atomic E-state index is 0.112. The van der Waals surface area contributed by atoms with Gasteiger partial charge in [0.2, 0.25) is 0 Å². The molecule has 2 aliphatic carbocycles. The van der Waals surface area contributed by atoms with Crippen molar-refractivity contribution in [3.63, 3.8) is 0 Å². The Bertz CT molecular complexity index is 281. The summed E-state index contributed by atoms with van der Waals surface area (Å²) in [6, 6.07) is 0. The lowest BCUT2D eigenvalue weighted by atomic mass is 9.60. The Labute approximate surface area is 126 Å². The maximum absolute atomic E-state index is 9.76. The Morgan fingerprint density at radius 2 is 1.16 bits per heavy atom. The second kappa shape index (κ2) is 6.09. The van der Waals surface area contributed by atoms with E-state index in [1.165, 1.54) is 0 Å². The van der Waals surface area contributed by atoms with Crippen molar-refractivity contribution in [3.05, 3.63) is 0 Å². The number of hydrogen-bond donors (Lipinski definition) is 2. The third-order valence-electron chi connectivity index (χ3n) is 5.58. The number of alkyl halides is 2. The van der Waals surface area contributed by atoms with Crippen molar-refractivity contribution in [3.8, 4) is 0 Å². The van der Waals surface area contributed by atoms with E-state index in [9.17, 15) is 10.2 Å². The number of aliphatic hydroxyl groups is 2. The van der Waals surface area contributed by atoms with E-state index in [0.717, 1.165) is 38.5 Å². The van der Waals surface area contributed by atoms with E-state index in [4.69, 9.17) is 23.2 Å². The molecule has 2 fully saturated rings. The Balaban J connectivity index is 2.01. The van der Waals surface area contributed by atoms with Gasteiger partial charge in [0.15, 0.2) is 0 Å². The Morgan fingerprint density at radius 3 is 1.47 bits per heavy atom. The van der Waals surface area contributed by atoms with Crippen LogP contribution in [0.3, 0.4) is 0 Å². The van der Waals surface area contributed by atoms with Crippen LogP contribution >= 0.6 is 23.2 Å². The summed E-state index contributed by atoms with van der Waals surface area (Å²) in [6.07, 6.45) is 4.80. The third-order valence-corrected chi connectivity index (χ3v) is 6.52. The van der Waals surface area contributed by atoms with Crippen molar-refractivity contribution in [1.29, 1.82) is 0 Å². The largest absolute Gasteiger partial charge is 0.392 e. The zero-order valence-corrected chi connectivity index (χ0v) is 13.4. The summed E-state index contributed by atoms with van der Waals surface area (Å²) in [5.41, 5.74) is 0.181. The average Bonchev–Trinajstić information content (AvgIpc) is 2.35. The molecule has 0 bridgehead atoms. The highest BCUT2D eigenvalue weighted by atomic mass is 35.5. The van der Waals surface area contributed by atoms with Crippen molar-refractivity contribution >= 4 is 23.2 Å². The van der Waals surface area contributed by atoms with Crippen LogP contribution in [0, 0.1) is 17.3 Å². The molecule has 0 saturated heterocycles. The van der Waals surface area contributed by atoms with Crippen LogP contribution in [0.25, 0.3) is 0 Å². The van der Waals surface area contributed by atoms with E-state index in [2.05, 4.69) is 13.8 Å². The van der Waals surface area contributed by atoms with Gasteiger partial charge in [0.25, 0.3) is 0 Å². The summed E-state index contributed by atoms with van der Waals surface area (Å²) in [4.78, 5) is 0. The SMILES string of the molecule is CC(C)(C1CCC(O)C(Cl)C1)C1CCC(O)C(Cl)C1. The topological polar surface area (TPSA) is 40.5 Å². The van der Waals surface area contributed by atoms with Gasteiger partial charge < -0.3 is 10.2 Å². The van der Waals surface area contributed by atoms with Crippen LogP contribution in [0.1, 0.15) is 52.4 Å². The van der Waals surface area contributed by atoms with Gasteiger partial charge in [-0.05, 0) is 55.8 Å². The number of aliphatic hydroxyl groups excluding tert-OH is 2. The van der Waals surface area contributed by atoms with Crippen LogP contribution in [0.4, 0.5) is 0 Å². The van der Waals surface area contributed by atoms with Crippen LogP contribution in [-0.2, 0) is 0 Å². The van der Waals surface area contributed by atoms with Crippen LogP contribution in [0.5, 0.6) is 0 Å². The molecule has 2 nitrogen and oxygen atoms in total. The molecule has 0 radical (unpaired) electrons. The molecule has 112 valence electrons. The quantitative estimate of drug-likeness (QED) is 0.766. The van der Waals surface area contributed by atoms with Gasteiger partial charge in [0.05, 0.1) is 23.0 Å². The van der Waals surface area contributed by atoms with Crippen molar-refractivity contribution in [1.82, 2.24) is 0 Å². The van der Waals surface area contributed by atoms with Gasteiger partial charge in [-0.15, -0.1) is 23.2 Å². The van der Waals surface area contributed by atoms with Gasteiger partial charge in [0, 0.05) is 0 Å². The van der Waals surface area contributed by atoms with E-state index in [-0.39, 0.29) is 28.4 Å². The molecule has 0 spiro atoms. The molecule has 19 heavy (non-hydrogen) atoms. The van der Waals surface area contributed by atoms with E-state index >= 15 is 0 Å². The fourth-order valence-electron chi connectivity index (χ4n) is 3.88. The molecule has 0 heterocycles. The second-order valence-corrected chi connectivity index (χ2v) is 8.13. The highest BCUT2D eigenvalue weighted by Crippen LogP contribution is 2.49. The molecule has 2 N–H and O–H groups in total. The van der Waals surface area contributed by atoms with Gasteiger partial charge in [-0.3, -0.25) is 0 Å². The Kier molecular flexibility index (Phi) is 5.09. The lowest BCUT2D eigenvalue weighted by Gasteiger charge is -2.47. The summed E-state index contributed by atoms with van der Waals surface area (Å²) in [6.45, 7) is 4.62. The zero-order chi connectivity index (χ0) is 14.2. The van der Waals surface area contributed by atoms with Gasteiger partial charge >= 0.3 is 0 Å². The average molecular weight is 309 g/mol. The van der Waals surface area contributed by atoms with Gasteiger partial charge in [0.1, 0.15) is 0 Å². The minimum atomic E-state index is -0.345. The highest BCUT2D eigenvalue weighted by Gasteiger charge is 2.43. The molecular formula is C15H26Cl2O2. The Hall–Kier alpha value is 0.500. The van der Waals surface area contributed by atoms with Crippen LogP contribution in [0.15, 0.2) is 0 Å². The molecule has 0 aromatic rings. The molecule has 4 heteroatoms. The fraction of sp³-hybridized carbons (Fsp3) is 1.00. The number of rotatable bonds is 2. The summed E-state index contributed by atoms with van der Waals surface area (Å²) < 4.78 is 0. The van der Waals surface area contributed by atoms with Gasteiger partial charge in [-0.2, -0.15) is 0 Å². The predicted molar refractivity (Wildman–Crippen MR) is 79.8 cm³/mol. The minimum Gasteiger partial charge on any atom is -0.392 e. The standard InChI is InChI=1S/C15H26Cl2O2/c1-15(2,9-3-5-13(18)11(16)7-9)10-4-6-14(19)12(17)8-10/h9-14,18-19H,3-8H2,1-2H3. The highest BCUT2D eigenvalue weighted by molar-refractivity contribution is 6.21. The van der Waals surface area contributed by atoms with E-state index in [1.54, 1.807) is 0 Å². The molecule has 0 aromatic carbocycles. The predicted octanol–water partition coefficient (Wildman–Crippen LogP) is 3.55. The first-order valence-electron chi connectivity index (χ1n) is 7.46.